The molecule has 3 aromatic rings. The molecule has 7 nitrogen and oxygen atoms in total. The number of sulfonamides is 1. The molecule has 0 unspecified atom stereocenters. The Balaban J connectivity index is 1.17. The number of carbonyl (C=O) groups is 1. The quantitative estimate of drug-likeness (QED) is 0.578. The molecule has 2 saturated heterocycles. The summed E-state index contributed by atoms with van der Waals surface area (Å²) in [7, 11) is -3.90. The number of para-hydroxylation sites is 2. The zero-order valence-corrected chi connectivity index (χ0v) is 19.0. The summed E-state index contributed by atoms with van der Waals surface area (Å²) >= 11 is 0. The molecule has 2 fully saturated rings. The predicted molar refractivity (Wildman–Crippen MR) is 120 cm³/mol. The number of hydrogen-bond donors (Lipinski definition) is 0. The van der Waals surface area contributed by atoms with E-state index in [2.05, 4.69) is 4.98 Å². The molecule has 1 aromatic heterocycles. The first-order valence-electron chi connectivity index (χ1n) is 11.3. The van der Waals surface area contributed by atoms with Gasteiger partial charge in [0.15, 0.2) is 11.5 Å². The van der Waals surface area contributed by atoms with Gasteiger partial charge in [-0.2, -0.15) is 4.31 Å². The number of amides is 1. The van der Waals surface area contributed by atoms with Crippen molar-refractivity contribution >= 4 is 27.0 Å². The van der Waals surface area contributed by atoms with E-state index in [0.29, 0.717) is 25.9 Å². The van der Waals surface area contributed by atoms with E-state index < -0.39 is 15.8 Å². The highest BCUT2D eigenvalue weighted by atomic mass is 32.2. The second-order valence-electron chi connectivity index (χ2n) is 8.73. The zero-order valence-electron chi connectivity index (χ0n) is 18.2. The fourth-order valence-corrected chi connectivity index (χ4v) is 6.34. The Bertz CT molecular complexity index is 1230. The Morgan fingerprint density at radius 1 is 0.939 bits per heavy atom. The Kier molecular flexibility index (Phi) is 5.92. The van der Waals surface area contributed by atoms with Crippen molar-refractivity contribution in [3.63, 3.8) is 0 Å². The van der Waals surface area contributed by atoms with Gasteiger partial charge in [0, 0.05) is 38.0 Å². The maximum atomic E-state index is 14.0. The average Bonchev–Trinajstić information content (AvgIpc) is 3.28. The number of aromatic nitrogens is 1. The van der Waals surface area contributed by atoms with Gasteiger partial charge in [-0.15, -0.1) is 0 Å². The van der Waals surface area contributed by atoms with E-state index in [1.165, 1.54) is 22.5 Å². The minimum atomic E-state index is -3.90. The fraction of sp³-hybridized carbons (Fsp3) is 0.417. The number of carbonyl (C=O) groups excluding carboxylic acids is 1. The number of hydrogen-bond acceptors (Lipinski definition) is 5. The van der Waals surface area contributed by atoms with Gasteiger partial charge in [0.25, 0.3) is 0 Å². The second-order valence-corrected chi connectivity index (χ2v) is 10.6. The van der Waals surface area contributed by atoms with E-state index in [0.717, 1.165) is 35.9 Å². The number of fused-ring (bicyclic) bond motifs is 1. The van der Waals surface area contributed by atoms with E-state index in [4.69, 9.17) is 4.42 Å². The standard InChI is InChI=1S/C24H26FN3O4S/c25-19-5-1-4-8-22(19)33(30,31)28-15-11-18(12-16-28)24(29)27-13-9-17(10-14-27)23-26-20-6-2-3-7-21(20)32-23/h1-8,17-18H,9-16H2. The van der Waals surface area contributed by atoms with Gasteiger partial charge in [0.05, 0.1) is 0 Å². The third-order valence-electron chi connectivity index (χ3n) is 6.72. The van der Waals surface area contributed by atoms with Crippen molar-refractivity contribution in [2.75, 3.05) is 26.2 Å². The van der Waals surface area contributed by atoms with Gasteiger partial charge in [-0.1, -0.05) is 24.3 Å². The van der Waals surface area contributed by atoms with Crippen LogP contribution in [0.3, 0.4) is 0 Å². The largest absolute Gasteiger partial charge is 0.440 e. The topological polar surface area (TPSA) is 83.7 Å². The molecule has 0 radical (unpaired) electrons. The lowest BCUT2D eigenvalue weighted by Crippen LogP contribution is -2.46. The Hall–Kier alpha value is -2.78. The molecule has 174 valence electrons. The monoisotopic (exact) mass is 471 g/mol. The SMILES string of the molecule is O=C(C1CCN(S(=O)(=O)c2ccccc2F)CC1)N1CCC(c2nc3ccccc3o2)CC1. The van der Waals surface area contributed by atoms with E-state index in [9.17, 15) is 17.6 Å². The Morgan fingerprint density at radius 3 is 2.30 bits per heavy atom. The highest BCUT2D eigenvalue weighted by molar-refractivity contribution is 7.89. The maximum Gasteiger partial charge on any atom is 0.245 e. The predicted octanol–water partition coefficient (Wildman–Crippen LogP) is 3.77. The first-order valence-corrected chi connectivity index (χ1v) is 12.8. The molecule has 0 atom stereocenters. The third-order valence-corrected chi connectivity index (χ3v) is 8.66. The van der Waals surface area contributed by atoms with Crippen LogP contribution >= 0.6 is 0 Å². The molecule has 1 amide bonds. The molecule has 0 aliphatic carbocycles. The Labute approximate surface area is 192 Å². The summed E-state index contributed by atoms with van der Waals surface area (Å²) in [5, 5.41) is 0. The minimum absolute atomic E-state index is 0.0777. The van der Waals surface area contributed by atoms with Gasteiger partial charge in [-0.05, 0) is 49.9 Å². The van der Waals surface area contributed by atoms with Gasteiger partial charge >= 0.3 is 0 Å². The van der Waals surface area contributed by atoms with Crippen LogP contribution < -0.4 is 0 Å². The molecule has 0 spiro atoms. The van der Waals surface area contributed by atoms with Crippen LogP contribution in [-0.2, 0) is 14.8 Å². The number of piperidine rings is 2. The summed E-state index contributed by atoms with van der Waals surface area (Å²) in [4.78, 5) is 19.2. The lowest BCUT2D eigenvalue weighted by Gasteiger charge is -2.36. The minimum Gasteiger partial charge on any atom is -0.440 e. The van der Waals surface area contributed by atoms with E-state index in [1.54, 1.807) is 0 Å². The Morgan fingerprint density at radius 2 is 1.61 bits per heavy atom. The van der Waals surface area contributed by atoms with Crippen molar-refractivity contribution in [1.82, 2.24) is 14.2 Å². The highest BCUT2D eigenvalue weighted by Crippen LogP contribution is 2.32. The highest BCUT2D eigenvalue weighted by Gasteiger charge is 2.36. The van der Waals surface area contributed by atoms with Crippen molar-refractivity contribution in [1.29, 1.82) is 0 Å². The van der Waals surface area contributed by atoms with Crippen LogP contribution in [-0.4, -0.2) is 54.7 Å². The lowest BCUT2D eigenvalue weighted by molar-refractivity contribution is -0.137. The smallest absolute Gasteiger partial charge is 0.245 e. The normalized spacial score (nSPS) is 19.2. The third kappa shape index (κ3) is 4.27. The molecule has 0 N–H and O–H groups in total. The molecule has 5 rings (SSSR count). The summed E-state index contributed by atoms with van der Waals surface area (Å²) in [6.45, 7) is 1.70. The zero-order chi connectivity index (χ0) is 23.0. The molecule has 3 heterocycles. The number of nitrogens with zero attached hydrogens (tertiary/aromatic N) is 3. The van der Waals surface area contributed by atoms with E-state index in [-0.39, 0.29) is 35.7 Å². The number of benzene rings is 2. The van der Waals surface area contributed by atoms with Crippen LogP contribution in [0.2, 0.25) is 0 Å². The van der Waals surface area contributed by atoms with Crippen LogP contribution in [0.25, 0.3) is 11.1 Å². The molecule has 33 heavy (non-hydrogen) atoms. The molecule has 2 aliphatic rings. The number of likely N-dealkylation sites (tertiary alicyclic amines) is 1. The summed E-state index contributed by atoms with van der Waals surface area (Å²) in [5.74, 6) is 0.0357. The first-order chi connectivity index (χ1) is 15.9. The van der Waals surface area contributed by atoms with Gasteiger partial charge in [0.1, 0.15) is 16.2 Å². The second kappa shape index (κ2) is 8.87. The summed E-state index contributed by atoms with van der Waals surface area (Å²) in [5.41, 5.74) is 1.63. The van der Waals surface area contributed by atoms with Gasteiger partial charge < -0.3 is 9.32 Å². The molecular formula is C24H26FN3O4S. The number of halogens is 1. The number of oxazole rings is 1. The van der Waals surface area contributed by atoms with Crippen molar-refractivity contribution in [2.24, 2.45) is 5.92 Å². The van der Waals surface area contributed by atoms with Crippen LogP contribution in [0, 0.1) is 11.7 Å². The van der Waals surface area contributed by atoms with Gasteiger partial charge in [0.2, 0.25) is 15.9 Å². The van der Waals surface area contributed by atoms with Crippen molar-refractivity contribution < 1.29 is 22.0 Å². The first kappa shape index (κ1) is 22.0. The maximum absolute atomic E-state index is 14.0. The number of rotatable bonds is 4. The van der Waals surface area contributed by atoms with E-state index >= 15 is 0 Å². The van der Waals surface area contributed by atoms with Crippen LogP contribution in [0.15, 0.2) is 57.8 Å². The van der Waals surface area contributed by atoms with Crippen LogP contribution in [0.1, 0.15) is 37.5 Å². The van der Waals surface area contributed by atoms with Crippen LogP contribution in [0.5, 0.6) is 0 Å². The summed E-state index contributed by atoms with van der Waals surface area (Å²) < 4.78 is 46.8. The molecule has 9 heteroatoms. The van der Waals surface area contributed by atoms with Crippen molar-refractivity contribution in [2.45, 2.75) is 36.5 Å². The summed E-state index contributed by atoms with van der Waals surface area (Å²) in [6, 6.07) is 13.1. The van der Waals surface area contributed by atoms with E-state index in [1.807, 2.05) is 29.2 Å². The lowest BCUT2D eigenvalue weighted by atomic mass is 9.92. The van der Waals surface area contributed by atoms with Crippen molar-refractivity contribution in [3.05, 3.63) is 60.2 Å². The van der Waals surface area contributed by atoms with Crippen molar-refractivity contribution in [3.8, 4) is 0 Å². The van der Waals surface area contributed by atoms with Crippen LogP contribution in [0.4, 0.5) is 4.39 Å². The van der Waals surface area contributed by atoms with Gasteiger partial charge in [-0.25, -0.2) is 17.8 Å². The molecule has 2 aliphatic heterocycles. The molecule has 2 aromatic carbocycles. The summed E-state index contributed by atoms with van der Waals surface area (Å²) in [6.07, 6.45) is 2.47. The molecule has 0 bridgehead atoms. The average molecular weight is 472 g/mol. The molecular weight excluding hydrogens is 445 g/mol. The molecule has 0 saturated carbocycles. The van der Waals surface area contributed by atoms with Gasteiger partial charge in [-0.3, -0.25) is 4.79 Å². The fourth-order valence-electron chi connectivity index (χ4n) is 4.81.